The lowest BCUT2D eigenvalue weighted by atomic mass is 10.2. The van der Waals surface area contributed by atoms with Crippen molar-refractivity contribution >= 4 is 29.3 Å². The Morgan fingerprint density at radius 2 is 2.48 bits per heavy atom. The molecular formula is C13H18N6OS. The third-order valence-corrected chi connectivity index (χ3v) is 4.25. The number of fused-ring (bicyclic) bond motifs is 1. The summed E-state index contributed by atoms with van der Waals surface area (Å²) in [6.07, 6.45) is 4.15. The van der Waals surface area contributed by atoms with Crippen molar-refractivity contribution in [2.45, 2.75) is 12.6 Å². The lowest BCUT2D eigenvalue weighted by Gasteiger charge is -2.23. The number of nitrogens with two attached hydrogens (primary N) is 1. The average molecular weight is 306 g/mol. The Morgan fingerprint density at radius 3 is 3.24 bits per heavy atom. The first-order chi connectivity index (χ1) is 10.3. The number of thioether (sulfide) groups is 1. The van der Waals surface area contributed by atoms with Gasteiger partial charge in [-0.15, -0.1) is 11.8 Å². The van der Waals surface area contributed by atoms with Crippen molar-refractivity contribution in [3.63, 3.8) is 0 Å². The average Bonchev–Trinajstić information content (AvgIpc) is 2.97. The number of aromatic nitrogens is 1. The molecule has 8 heteroatoms. The van der Waals surface area contributed by atoms with Gasteiger partial charge >= 0.3 is 0 Å². The van der Waals surface area contributed by atoms with E-state index in [-0.39, 0.29) is 12.1 Å². The summed E-state index contributed by atoms with van der Waals surface area (Å²) in [5, 5.41) is 9.23. The Balaban J connectivity index is 1.78. The van der Waals surface area contributed by atoms with Crippen LogP contribution >= 0.6 is 11.8 Å². The predicted octanol–water partition coefficient (Wildman–Crippen LogP) is 0.156. The van der Waals surface area contributed by atoms with Crippen molar-refractivity contribution in [2.24, 2.45) is 10.7 Å². The zero-order valence-electron chi connectivity index (χ0n) is 11.5. The number of rotatable bonds is 3. The van der Waals surface area contributed by atoms with Crippen molar-refractivity contribution in [3.05, 3.63) is 28.9 Å². The van der Waals surface area contributed by atoms with Crippen LogP contribution < -0.4 is 21.7 Å². The molecule has 0 spiro atoms. The van der Waals surface area contributed by atoms with Gasteiger partial charge in [-0.1, -0.05) is 0 Å². The molecule has 7 nitrogen and oxygen atoms in total. The minimum absolute atomic E-state index is 0.123. The van der Waals surface area contributed by atoms with Crippen molar-refractivity contribution in [1.29, 1.82) is 0 Å². The first-order valence-corrected chi connectivity index (χ1v) is 7.86. The van der Waals surface area contributed by atoms with Crippen LogP contribution in [0.5, 0.6) is 0 Å². The number of aliphatic imine (C=N–C) groups is 1. The maximum absolute atomic E-state index is 12.3. The number of hydrogen-bond donors (Lipinski definition) is 5. The second-order valence-corrected chi connectivity index (χ2v) is 5.88. The number of H-pyrrole nitrogens is 1. The van der Waals surface area contributed by atoms with Crippen molar-refractivity contribution in [1.82, 2.24) is 15.6 Å². The van der Waals surface area contributed by atoms with E-state index in [0.29, 0.717) is 23.7 Å². The summed E-state index contributed by atoms with van der Waals surface area (Å²) in [7, 11) is 0. The van der Waals surface area contributed by atoms with Crippen LogP contribution in [0.4, 0.5) is 5.82 Å². The van der Waals surface area contributed by atoms with E-state index in [0.717, 1.165) is 23.7 Å². The maximum Gasteiger partial charge on any atom is 0.264 e. The first-order valence-electron chi connectivity index (χ1n) is 6.88. The quantitative estimate of drug-likeness (QED) is 0.547. The Labute approximate surface area is 126 Å². The molecule has 0 saturated heterocycles. The van der Waals surface area contributed by atoms with Gasteiger partial charge < -0.3 is 26.7 Å². The monoisotopic (exact) mass is 306 g/mol. The summed E-state index contributed by atoms with van der Waals surface area (Å²) >= 11 is 1.54. The molecule has 1 atom stereocenters. The molecule has 0 aromatic carbocycles. The fourth-order valence-corrected chi connectivity index (χ4v) is 3.02. The molecule has 6 N–H and O–H groups in total. The van der Waals surface area contributed by atoms with Gasteiger partial charge in [0, 0.05) is 31.1 Å². The summed E-state index contributed by atoms with van der Waals surface area (Å²) in [4.78, 5) is 20.6. The van der Waals surface area contributed by atoms with Gasteiger partial charge in [-0.05, 0) is 12.6 Å². The molecule has 0 saturated carbocycles. The normalized spacial score (nSPS) is 20.5. The molecule has 2 aliphatic rings. The maximum atomic E-state index is 12.3. The van der Waals surface area contributed by atoms with E-state index in [1.807, 2.05) is 12.3 Å². The van der Waals surface area contributed by atoms with E-state index in [2.05, 4.69) is 25.9 Å². The summed E-state index contributed by atoms with van der Waals surface area (Å²) in [5.41, 5.74) is 6.46. The highest BCUT2D eigenvalue weighted by Crippen LogP contribution is 2.22. The number of aromatic amines is 1. The molecule has 3 rings (SSSR count). The molecule has 21 heavy (non-hydrogen) atoms. The molecule has 0 radical (unpaired) electrons. The second-order valence-electron chi connectivity index (χ2n) is 4.75. The number of amides is 1. The zero-order valence-corrected chi connectivity index (χ0v) is 12.3. The molecule has 3 heterocycles. The Morgan fingerprint density at radius 1 is 1.57 bits per heavy atom. The number of carbonyl (C=O) groups is 1. The van der Waals surface area contributed by atoms with Crippen LogP contribution in [-0.2, 0) is 4.79 Å². The van der Waals surface area contributed by atoms with E-state index in [1.54, 1.807) is 18.0 Å². The van der Waals surface area contributed by atoms with Gasteiger partial charge in [0.25, 0.3) is 5.91 Å². The van der Waals surface area contributed by atoms with Crippen molar-refractivity contribution in [2.75, 3.05) is 24.2 Å². The summed E-state index contributed by atoms with van der Waals surface area (Å²) in [6.45, 7) is 1.41. The van der Waals surface area contributed by atoms with Gasteiger partial charge in [-0.3, -0.25) is 4.79 Å². The molecule has 0 fully saturated rings. The van der Waals surface area contributed by atoms with E-state index in [4.69, 9.17) is 5.73 Å². The fourth-order valence-electron chi connectivity index (χ4n) is 2.23. The largest absolute Gasteiger partial charge is 0.389 e. The number of nitrogens with zero attached hydrogens (tertiary/aromatic N) is 1. The first kappa shape index (κ1) is 14.0. The van der Waals surface area contributed by atoms with Crippen LogP contribution in [0.25, 0.3) is 0 Å². The van der Waals surface area contributed by atoms with Crippen LogP contribution in [0.2, 0.25) is 0 Å². The standard InChI is InChI=1S/C13H18N6OS/c14-3-1-10-17-11-8(2-4-16-11)12(18-10)19-13(20)9-7-15-5-6-21-9/h2,4,7,10,15-17H,1,3,5-6,14H2,(H,18,19,20)/t10-/m0/s1. The molecule has 1 aromatic rings. The highest BCUT2D eigenvalue weighted by Gasteiger charge is 2.23. The molecule has 1 aromatic heterocycles. The summed E-state index contributed by atoms with van der Waals surface area (Å²) < 4.78 is 0. The van der Waals surface area contributed by atoms with Crippen LogP contribution in [-0.4, -0.2) is 41.7 Å². The molecule has 2 aliphatic heterocycles. The summed E-state index contributed by atoms with van der Waals surface area (Å²) in [6, 6.07) is 1.89. The molecule has 112 valence electrons. The van der Waals surface area contributed by atoms with Gasteiger partial charge in [-0.2, -0.15) is 0 Å². The highest BCUT2D eigenvalue weighted by molar-refractivity contribution is 8.04. The molecular weight excluding hydrogens is 288 g/mol. The van der Waals surface area contributed by atoms with Crippen LogP contribution in [0.3, 0.4) is 0 Å². The Kier molecular flexibility index (Phi) is 4.16. The topological polar surface area (TPSA) is 107 Å². The highest BCUT2D eigenvalue weighted by atomic mass is 32.2. The minimum Gasteiger partial charge on any atom is -0.389 e. The lowest BCUT2D eigenvalue weighted by Crippen LogP contribution is -2.38. The number of nitrogens with one attached hydrogen (secondary N) is 4. The van der Waals surface area contributed by atoms with E-state index in [9.17, 15) is 4.79 Å². The fraction of sp³-hybridized carbons (Fsp3) is 0.385. The third-order valence-electron chi connectivity index (χ3n) is 3.23. The lowest BCUT2D eigenvalue weighted by molar-refractivity contribution is -0.115. The minimum atomic E-state index is -0.133. The van der Waals surface area contributed by atoms with Gasteiger partial charge in [0.2, 0.25) is 0 Å². The number of hydrogen-bond acceptors (Lipinski definition) is 6. The van der Waals surface area contributed by atoms with Gasteiger partial charge in [0.15, 0.2) is 0 Å². The van der Waals surface area contributed by atoms with E-state index in [1.165, 1.54) is 0 Å². The van der Waals surface area contributed by atoms with Crippen LogP contribution in [0, 0.1) is 0 Å². The van der Waals surface area contributed by atoms with Gasteiger partial charge in [0.1, 0.15) is 17.8 Å². The van der Waals surface area contributed by atoms with E-state index < -0.39 is 0 Å². The molecule has 0 unspecified atom stereocenters. The SMILES string of the molecule is NCC[C@@H]1N=C(NC(=O)C2=CNCCS2)c2cc[nH]c2N1. The Bertz CT molecular complexity index is 593. The van der Waals surface area contributed by atoms with Gasteiger partial charge in [-0.25, -0.2) is 4.99 Å². The smallest absolute Gasteiger partial charge is 0.264 e. The molecule has 0 bridgehead atoms. The van der Waals surface area contributed by atoms with Crippen molar-refractivity contribution in [3.8, 4) is 0 Å². The second kappa shape index (κ2) is 6.23. The van der Waals surface area contributed by atoms with Gasteiger partial charge in [0.05, 0.1) is 10.5 Å². The molecule has 0 aliphatic carbocycles. The van der Waals surface area contributed by atoms with Crippen LogP contribution in [0.1, 0.15) is 12.0 Å². The summed E-state index contributed by atoms with van der Waals surface area (Å²) in [5.74, 6) is 2.20. The number of carbonyl (C=O) groups excluding carboxylic acids is 1. The van der Waals surface area contributed by atoms with Crippen molar-refractivity contribution < 1.29 is 4.79 Å². The van der Waals surface area contributed by atoms with Crippen LogP contribution in [0.15, 0.2) is 28.4 Å². The third kappa shape index (κ3) is 3.06. The number of anilines is 1. The number of amidine groups is 1. The molecule has 1 amide bonds. The zero-order chi connectivity index (χ0) is 14.7. The predicted molar refractivity (Wildman–Crippen MR) is 85.1 cm³/mol. The Hall–Kier alpha value is -1.93. The van der Waals surface area contributed by atoms with E-state index >= 15 is 0 Å².